The monoisotopic (exact) mass is 411 g/mol. The molecule has 1 saturated carbocycles. The SMILES string of the molecule is CC(c1ccc(Cl)cc1)N(CC(=O)Nc1ccccc1N1CCCC1=O)C1CC1. The number of para-hydroxylation sites is 2. The first-order valence-corrected chi connectivity index (χ1v) is 10.6. The summed E-state index contributed by atoms with van der Waals surface area (Å²) in [6.45, 7) is 3.15. The Hall–Kier alpha value is -2.37. The zero-order chi connectivity index (χ0) is 20.4. The van der Waals surface area contributed by atoms with Crippen LogP contribution in [0.25, 0.3) is 0 Å². The summed E-state index contributed by atoms with van der Waals surface area (Å²) in [4.78, 5) is 29.1. The van der Waals surface area contributed by atoms with Crippen molar-refractivity contribution >= 4 is 34.8 Å². The van der Waals surface area contributed by atoms with Gasteiger partial charge in [-0.3, -0.25) is 14.5 Å². The summed E-state index contributed by atoms with van der Waals surface area (Å²) in [5.41, 5.74) is 2.63. The van der Waals surface area contributed by atoms with E-state index in [-0.39, 0.29) is 17.9 Å². The van der Waals surface area contributed by atoms with Crippen molar-refractivity contribution in [3.8, 4) is 0 Å². The van der Waals surface area contributed by atoms with Gasteiger partial charge in [0, 0.05) is 30.1 Å². The van der Waals surface area contributed by atoms with Crippen molar-refractivity contribution in [3.05, 3.63) is 59.1 Å². The van der Waals surface area contributed by atoms with Crippen molar-refractivity contribution in [3.63, 3.8) is 0 Å². The standard InChI is InChI=1S/C23H26ClN3O2/c1-16(17-8-10-18(24)11-9-17)27(19-12-13-19)15-22(28)25-20-5-2-3-6-21(20)26-14-4-7-23(26)29/h2-3,5-6,8-11,16,19H,4,7,12-15H2,1H3,(H,25,28). The molecule has 2 aliphatic rings. The first-order chi connectivity index (χ1) is 14.0. The first-order valence-electron chi connectivity index (χ1n) is 10.2. The Morgan fingerprint density at radius 1 is 1.21 bits per heavy atom. The highest BCUT2D eigenvalue weighted by atomic mass is 35.5. The van der Waals surface area contributed by atoms with E-state index in [1.807, 2.05) is 48.5 Å². The Kier molecular flexibility index (Phi) is 5.88. The average molecular weight is 412 g/mol. The molecule has 29 heavy (non-hydrogen) atoms. The number of rotatable bonds is 7. The Bertz CT molecular complexity index is 895. The molecular formula is C23H26ClN3O2. The summed E-state index contributed by atoms with van der Waals surface area (Å²) >= 11 is 6.02. The molecule has 2 aromatic rings. The van der Waals surface area contributed by atoms with E-state index >= 15 is 0 Å². The number of amides is 2. The lowest BCUT2D eigenvalue weighted by Gasteiger charge is -2.29. The van der Waals surface area contributed by atoms with Gasteiger partial charge in [0.05, 0.1) is 17.9 Å². The van der Waals surface area contributed by atoms with Gasteiger partial charge in [0.2, 0.25) is 11.8 Å². The number of hydrogen-bond acceptors (Lipinski definition) is 3. The zero-order valence-corrected chi connectivity index (χ0v) is 17.4. The van der Waals surface area contributed by atoms with Crippen LogP contribution in [0.5, 0.6) is 0 Å². The van der Waals surface area contributed by atoms with Crippen LogP contribution in [0.4, 0.5) is 11.4 Å². The lowest BCUT2D eigenvalue weighted by Crippen LogP contribution is -2.37. The minimum Gasteiger partial charge on any atom is -0.323 e. The van der Waals surface area contributed by atoms with Crippen LogP contribution in [-0.4, -0.2) is 35.8 Å². The van der Waals surface area contributed by atoms with Crippen LogP contribution in [0.2, 0.25) is 5.02 Å². The van der Waals surface area contributed by atoms with Crippen LogP contribution in [0.15, 0.2) is 48.5 Å². The molecule has 2 amide bonds. The fourth-order valence-electron chi connectivity index (χ4n) is 3.99. The second-order valence-electron chi connectivity index (χ2n) is 7.85. The third-order valence-corrected chi connectivity index (χ3v) is 5.99. The van der Waals surface area contributed by atoms with Gasteiger partial charge in [-0.2, -0.15) is 0 Å². The topological polar surface area (TPSA) is 52.7 Å². The van der Waals surface area contributed by atoms with Gasteiger partial charge in [-0.1, -0.05) is 35.9 Å². The van der Waals surface area contributed by atoms with Crippen LogP contribution in [0, 0.1) is 0 Å². The Morgan fingerprint density at radius 2 is 1.93 bits per heavy atom. The molecule has 2 fully saturated rings. The number of nitrogens with zero attached hydrogens (tertiary/aromatic N) is 2. The summed E-state index contributed by atoms with van der Waals surface area (Å²) in [7, 11) is 0. The highest BCUT2D eigenvalue weighted by Crippen LogP contribution is 2.35. The number of carbonyl (C=O) groups excluding carboxylic acids is 2. The third-order valence-electron chi connectivity index (χ3n) is 5.73. The van der Waals surface area contributed by atoms with E-state index in [0.29, 0.717) is 36.3 Å². The van der Waals surface area contributed by atoms with E-state index < -0.39 is 0 Å². The molecule has 1 aliphatic carbocycles. The predicted octanol–water partition coefficient (Wildman–Crippen LogP) is 4.63. The quantitative estimate of drug-likeness (QED) is 0.722. The lowest BCUT2D eigenvalue weighted by atomic mass is 10.1. The van der Waals surface area contributed by atoms with E-state index in [4.69, 9.17) is 11.6 Å². The molecule has 0 aromatic heterocycles. The second kappa shape index (κ2) is 8.56. The van der Waals surface area contributed by atoms with Crippen LogP contribution in [0.3, 0.4) is 0 Å². The summed E-state index contributed by atoms with van der Waals surface area (Å²) in [5.74, 6) is 0.0551. The van der Waals surface area contributed by atoms with Gasteiger partial charge in [-0.25, -0.2) is 0 Å². The van der Waals surface area contributed by atoms with Crippen molar-refractivity contribution in [1.29, 1.82) is 0 Å². The van der Waals surface area contributed by atoms with Gasteiger partial charge in [-0.15, -0.1) is 0 Å². The van der Waals surface area contributed by atoms with Gasteiger partial charge in [0.25, 0.3) is 0 Å². The molecule has 0 radical (unpaired) electrons. The number of hydrogen-bond donors (Lipinski definition) is 1. The van der Waals surface area contributed by atoms with Gasteiger partial charge in [0.15, 0.2) is 0 Å². The molecule has 1 heterocycles. The molecule has 1 unspecified atom stereocenters. The lowest BCUT2D eigenvalue weighted by molar-refractivity contribution is -0.118. The second-order valence-corrected chi connectivity index (χ2v) is 8.28. The van der Waals surface area contributed by atoms with E-state index in [2.05, 4.69) is 17.1 Å². The maximum absolute atomic E-state index is 12.9. The molecule has 0 spiro atoms. The molecular weight excluding hydrogens is 386 g/mol. The van der Waals surface area contributed by atoms with Gasteiger partial charge in [-0.05, 0) is 56.0 Å². The number of anilines is 2. The zero-order valence-electron chi connectivity index (χ0n) is 16.6. The van der Waals surface area contributed by atoms with Crippen molar-refractivity contribution in [2.75, 3.05) is 23.3 Å². The van der Waals surface area contributed by atoms with Crippen molar-refractivity contribution in [1.82, 2.24) is 4.90 Å². The Labute approximate surface area is 176 Å². The van der Waals surface area contributed by atoms with Gasteiger partial charge < -0.3 is 10.2 Å². The minimum atomic E-state index is -0.0585. The van der Waals surface area contributed by atoms with Crippen LogP contribution in [0.1, 0.15) is 44.2 Å². The largest absolute Gasteiger partial charge is 0.323 e. The summed E-state index contributed by atoms with van der Waals surface area (Å²) < 4.78 is 0. The number of halogens is 1. The van der Waals surface area contributed by atoms with Crippen molar-refractivity contribution in [2.45, 2.75) is 44.7 Å². The number of carbonyl (C=O) groups is 2. The fourth-order valence-corrected chi connectivity index (χ4v) is 4.12. The van der Waals surface area contributed by atoms with E-state index in [1.165, 1.54) is 0 Å². The van der Waals surface area contributed by atoms with E-state index in [0.717, 1.165) is 30.5 Å². The van der Waals surface area contributed by atoms with E-state index in [1.54, 1.807) is 4.90 Å². The number of nitrogens with one attached hydrogen (secondary N) is 1. The molecule has 1 atom stereocenters. The third kappa shape index (κ3) is 4.62. The fraction of sp³-hybridized carbons (Fsp3) is 0.391. The molecule has 4 rings (SSSR count). The molecule has 1 N–H and O–H groups in total. The van der Waals surface area contributed by atoms with Crippen molar-refractivity contribution in [2.24, 2.45) is 0 Å². The Morgan fingerprint density at radius 3 is 2.59 bits per heavy atom. The van der Waals surface area contributed by atoms with Crippen LogP contribution < -0.4 is 10.2 Å². The van der Waals surface area contributed by atoms with Gasteiger partial charge >= 0.3 is 0 Å². The highest BCUT2D eigenvalue weighted by molar-refractivity contribution is 6.30. The van der Waals surface area contributed by atoms with Crippen LogP contribution >= 0.6 is 11.6 Å². The molecule has 152 valence electrons. The molecule has 2 aromatic carbocycles. The maximum Gasteiger partial charge on any atom is 0.238 e. The summed E-state index contributed by atoms with van der Waals surface area (Å²) in [6, 6.07) is 15.9. The highest BCUT2D eigenvalue weighted by Gasteiger charge is 2.34. The van der Waals surface area contributed by atoms with Crippen molar-refractivity contribution < 1.29 is 9.59 Å². The van der Waals surface area contributed by atoms with E-state index in [9.17, 15) is 9.59 Å². The maximum atomic E-state index is 12.9. The molecule has 0 bridgehead atoms. The summed E-state index contributed by atoms with van der Waals surface area (Å²) in [6.07, 6.45) is 3.65. The molecule has 5 nitrogen and oxygen atoms in total. The molecule has 1 saturated heterocycles. The smallest absolute Gasteiger partial charge is 0.238 e. The van der Waals surface area contributed by atoms with Crippen LogP contribution in [-0.2, 0) is 9.59 Å². The number of benzene rings is 2. The molecule has 6 heteroatoms. The first kappa shape index (κ1) is 19.9. The average Bonchev–Trinajstić information content (AvgIpc) is 3.47. The normalized spacial score (nSPS) is 17.6. The molecule has 1 aliphatic heterocycles. The summed E-state index contributed by atoms with van der Waals surface area (Å²) in [5, 5.41) is 3.75. The van der Waals surface area contributed by atoms with Gasteiger partial charge in [0.1, 0.15) is 0 Å². The Balaban J connectivity index is 1.47. The minimum absolute atomic E-state index is 0.0585. The predicted molar refractivity (Wildman–Crippen MR) is 116 cm³/mol.